The maximum Gasteiger partial charge on any atom is 0.324 e. The molecule has 9 heteroatoms. The molecule has 122 valence electrons. The van der Waals surface area contributed by atoms with E-state index in [0.717, 1.165) is 16.3 Å². The lowest BCUT2D eigenvalue weighted by atomic mass is 9.98. The number of carbonyl (C=O) groups is 1. The molecule has 23 heavy (non-hydrogen) atoms. The van der Waals surface area contributed by atoms with Gasteiger partial charge in [0.05, 0.1) is 5.69 Å². The van der Waals surface area contributed by atoms with E-state index in [2.05, 4.69) is 25.7 Å². The van der Waals surface area contributed by atoms with Crippen LogP contribution in [-0.2, 0) is 18.4 Å². The Morgan fingerprint density at radius 3 is 2.87 bits per heavy atom. The van der Waals surface area contributed by atoms with Gasteiger partial charge in [0.25, 0.3) is 5.56 Å². The number of anilines is 1. The number of H-pyrrole nitrogens is 1. The summed E-state index contributed by atoms with van der Waals surface area (Å²) in [5.74, 6) is 0. The van der Waals surface area contributed by atoms with E-state index in [4.69, 9.17) is 0 Å². The Morgan fingerprint density at radius 2 is 2.17 bits per heavy atom. The van der Waals surface area contributed by atoms with E-state index < -0.39 is 0 Å². The van der Waals surface area contributed by atoms with Gasteiger partial charge in [-0.25, -0.2) is 9.89 Å². The molecule has 3 heterocycles. The molecule has 0 saturated carbocycles. The first kappa shape index (κ1) is 15.6. The molecule has 1 aliphatic heterocycles. The molecule has 0 bridgehead atoms. The number of urea groups is 1. The molecule has 0 unspecified atom stereocenters. The van der Waals surface area contributed by atoms with Gasteiger partial charge in [0.2, 0.25) is 5.13 Å². The Morgan fingerprint density at radius 1 is 1.39 bits per heavy atom. The van der Waals surface area contributed by atoms with Crippen LogP contribution in [0.4, 0.5) is 9.93 Å². The Labute approximate surface area is 136 Å². The number of amides is 2. The molecule has 0 aromatic carbocycles. The van der Waals surface area contributed by atoms with Gasteiger partial charge in [-0.05, 0) is 0 Å². The SMILES string of the molecule is CC(C)(C)c1nnc(NC(=O)N2CCc3n[nH]c(=O)cc3C2)s1. The summed E-state index contributed by atoms with van der Waals surface area (Å²) in [4.78, 5) is 25.4. The molecule has 2 aromatic rings. The van der Waals surface area contributed by atoms with Crippen LogP contribution in [-0.4, -0.2) is 37.9 Å². The first-order valence-corrected chi connectivity index (χ1v) is 8.12. The van der Waals surface area contributed by atoms with Gasteiger partial charge in [-0.1, -0.05) is 32.1 Å². The maximum atomic E-state index is 12.4. The molecule has 8 nitrogen and oxygen atoms in total. The fourth-order valence-electron chi connectivity index (χ4n) is 2.27. The summed E-state index contributed by atoms with van der Waals surface area (Å²) in [7, 11) is 0. The summed E-state index contributed by atoms with van der Waals surface area (Å²) in [6.45, 7) is 7.05. The van der Waals surface area contributed by atoms with Crippen molar-refractivity contribution in [2.24, 2.45) is 0 Å². The van der Waals surface area contributed by atoms with Crippen molar-refractivity contribution in [3.63, 3.8) is 0 Å². The number of hydrogen-bond donors (Lipinski definition) is 2. The highest BCUT2D eigenvalue weighted by molar-refractivity contribution is 7.15. The van der Waals surface area contributed by atoms with Crippen molar-refractivity contribution in [2.45, 2.75) is 39.2 Å². The molecule has 0 radical (unpaired) electrons. The van der Waals surface area contributed by atoms with Crippen LogP contribution < -0.4 is 10.9 Å². The topological polar surface area (TPSA) is 104 Å². The Kier molecular flexibility index (Phi) is 3.88. The van der Waals surface area contributed by atoms with Crippen LogP contribution in [0.15, 0.2) is 10.9 Å². The average molecular weight is 334 g/mol. The number of aromatic nitrogens is 4. The third-order valence-electron chi connectivity index (χ3n) is 3.52. The second-order valence-electron chi connectivity index (χ2n) is 6.47. The average Bonchev–Trinajstić information content (AvgIpc) is 2.95. The summed E-state index contributed by atoms with van der Waals surface area (Å²) < 4.78 is 0. The smallest absolute Gasteiger partial charge is 0.320 e. The van der Waals surface area contributed by atoms with E-state index in [9.17, 15) is 9.59 Å². The Bertz CT molecular complexity index is 791. The largest absolute Gasteiger partial charge is 0.324 e. The molecule has 3 rings (SSSR count). The summed E-state index contributed by atoms with van der Waals surface area (Å²) >= 11 is 1.37. The van der Waals surface area contributed by atoms with Gasteiger partial charge in [-0.15, -0.1) is 10.2 Å². The fraction of sp³-hybridized carbons (Fsp3) is 0.500. The lowest BCUT2D eigenvalue weighted by molar-refractivity contribution is 0.205. The zero-order valence-electron chi connectivity index (χ0n) is 13.2. The molecule has 0 aliphatic carbocycles. The van der Waals surface area contributed by atoms with Gasteiger partial charge in [-0.2, -0.15) is 5.10 Å². The molecular formula is C14H18N6O2S. The zero-order valence-corrected chi connectivity index (χ0v) is 14.0. The second-order valence-corrected chi connectivity index (χ2v) is 7.45. The van der Waals surface area contributed by atoms with Gasteiger partial charge >= 0.3 is 6.03 Å². The van der Waals surface area contributed by atoms with Crippen LogP contribution in [0.5, 0.6) is 0 Å². The van der Waals surface area contributed by atoms with E-state index in [-0.39, 0.29) is 17.0 Å². The summed E-state index contributed by atoms with van der Waals surface area (Å²) in [5.41, 5.74) is 1.25. The van der Waals surface area contributed by atoms with Crippen LogP contribution in [0.2, 0.25) is 0 Å². The van der Waals surface area contributed by atoms with Crippen molar-refractivity contribution in [1.82, 2.24) is 25.3 Å². The minimum absolute atomic E-state index is 0.0998. The number of hydrogen-bond acceptors (Lipinski definition) is 6. The molecule has 1 aliphatic rings. The molecule has 0 saturated heterocycles. The molecule has 2 N–H and O–H groups in total. The highest BCUT2D eigenvalue weighted by Crippen LogP contribution is 2.28. The van der Waals surface area contributed by atoms with Gasteiger partial charge in [-0.3, -0.25) is 10.1 Å². The molecule has 0 spiro atoms. The standard InChI is InChI=1S/C14H18N6O2S/c1-14(2,3)11-18-19-12(23-11)15-13(22)20-5-4-9-8(7-20)6-10(21)17-16-9/h6H,4-5,7H2,1-3H3,(H,17,21)(H,15,19,22). The van der Waals surface area contributed by atoms with Crippen LogP contribution in [0.25, 0.3) is 0 Å². The van der Waals surface area contributed by atoms with Crippen molar-refractivity contribution in [2.75, 3.05) is 11.9 Å². The quantitative estimate of drug-likeness (QED) is 0.822. The van der Waals surface area contributed by atoms with Crippen molar-refractivity contribution in [3.05, 3.63) is 32.7 Å². The summed E-state index contributed by atoms with van der Waals surface area (Å²) in [6, 6.07) is 1.25. The Balaban J connectivity index is 1.70. The summed E-state index contributed by atoms with van der Waals surface area (Å²) in [5, 5.41) is 18.7. The van der Waals surface area contributed by atoms with E-state index in [0.29, 0.717) is 24.6 Å². The molecule has 2 aromatic heterocycles. The van der Waals surface area contributed by atoms with Crippen LogP contribution in [0, 0.1) is 0 Å². The Hall–Kier alpha value is -2.29. The number of fused-ring (bicyclic) bond motifs is 1. The minimum Gasteiger partial charge on any atom is -0.320 e. The molecular weight excluding hydrogens is 316 g/mol. The third-order valence-corrected chi connectivity index (χ3v) is 4.79. The molecule has 0 atom stereocenters. The first-order valence-electron chi connectivity index (χ1n) is 7.30. The maximum absolute atomic E-state index is 12.4. The van der Waals surface area contributed by atoms with E-state index in [1.165, 1.54) is 17.4 Å². The molecule has 2 amide bonds. The fourth-order valence-corrected chi connectivity index (χ4v) is 3.06. The van der Waals surface area contributed by atoms with E-state index in [1.807, 2.05) is 20.8 Å². The van der Waals surface area contributed by atoms with Gasteiger partial charge in [0.1, 0.15) is 5.01 Å². The van der Waals surface area contributed by atoms with Crippen molar-refractivity contribution >= 4 is 22.5 Å². The number of nitrogens with zero attached hydrogens (tertiary/aromatic N) is 4. The normalized spacial score (nSPS) is 14.5. The van der Waals surface area contributed by atoms with E-state index in [1.54, 1.807) is 4.90 Å². The third kappa shape index (κ3) is 3.39. The van der Waals surface area contributed by atoms with Crippen molar-refractivity contribution < 1.29 is 4.79 Å². The van der Waals surface area contributed by atoms with Gasteiger partial charge in [0.15, 0.2) is 0 Å². The number of nitrogens with one attached hydrogen (secondary N) is 2. The first-order chi connectivity index (χ1) is 10.8. The second kappa shape index (κ2) is 5.73. The highest BCUT2D eigenvalue weighted by Gasteiger charge is 2.24. The predicted molar refractivity (Wildman–Crippen MR) is 86.6 cm³/mol. The van der Waals surface area contributed by atoms with E-state index >= 15 is 0 Å². The lowest BCUT2D eigenvalue weighted by Crippen LogP contribution is -2.39. The van der Waals surface area contributed by atoms with Crippen molar-refractivity contribution in [3.8, 4) is 0 Å². The van der Waals surface area contributed by atoms with Crippen molar-refractivity contribution in [1.29, 1.82) is 0 Å². The van der Waals surface area contributed by atoms with Crippen LogP contribution in [0.3, 0.4) is 0 Å². The monoisotopic (exact) mass is 334 g/mol. The predicted octanol–water partition coefficient (Wildman–Crippen LogP) is 1.51. The van der Waals surface area contributed by atoms with Crippen LogP contribution in [0.1, 0.15) is 37.0 Å². The highest BCUT2D eigenvalue weighted by atomic mass is 32.1. The minimum atomic E-state index is -0.259. The number of carbonyl (C=O) groups excluding carboxylic acids is 1. The van der Waals surface area contributed by atoms with Crippen LogP contribution >= 0.6 is 11.3 Å². The zero-order chi connectivity index (χ0) is 16.6. The summed E-state index contributed by atoms with van der Waals surface area (Å²) in [6.07, 6.45) is 0.614. The number of rotatable bonds is 1. The van der Waals surface area contributed by atoms with Gasteiger partial charge in [0, 0.05) is 36.6 Å². The number of aromatic amines is 1. The van der Waals surface area contributed by atoms with Gasteiger partial charge < -0.3 is 4.90 Å². The lowest BCUT2D eigenvalue weighted by Gasteiger charge is -2.27. The molecule has 0 fully saturated rings.